The molecule has 0 saturated carbocycles. The zero-order chi connectivity index (χ0) is 18.8. The van der Waals surface area contributed by atoms with Crippen LogP contribution >= 0.6 is 11.3 Å². The van der Waals surface area contributed by atoms with E-state index in [1.807, 2.05) is 12.1 Å². The Morgan fingerprint density at radius 1 is 0.963 bits per heavy atom. The zero-order valence-electron chi connectivity index (χ0n) is 15.4. The van der Waals surface area contributed by atoms with Crippen LogP contribution in [0, 0.1) is 0 Å². The van der Waals surface area contributed by atoms with Crippen LogP contribution in [0.4, 0.5) is 11.5 Å². The van der Waals surface area contributed by atoms with Crippen LogP contribution in [0.15, 0.2) is 54.9 Å². The van der Waals surface area contributed by atoms with Gasteiger partial charge in [-0.1, -0.05) is 50.2 Å². The first-order chi connectivity index (χ1) is 13.2. The van der Waals surface area contributed by atoms with Crippen molar-refractivity contribution < 1.29 is 5.11 Å². The number of aryl methyl sites for hydroxylation is 2. The molecule has 0 unspecified atom stereocenters. The second-order valence-corrected chi connectivity index (χ2v) is 7.43. The molecule has 0 aliphatic rings. The van der Waals surface area contributed by atoms with Gasteiger partial charge in [0, 0.05) is 10.4 Å². The first-order valence-corrected chi connectivity index (χ1v) is 9.93. The molecule has 4 rings (SSSR count). The number of hydrogen-bond acceptors (Lipinski definition) is 5. The van der Waals surface area contributed by atoms with Gasteiger partial charge in [-0.25, -0.2) is 9.97 Å². The summed E-state index contributed by atoms with van der Waals surface area (Å²) >= 11 is 1.70. The lowest BCUT2D eigenvalue weighted by Crippen LogP contribution is -1.96. The van der Waals surface area contributed by atoms with Crippen molar-refractivity contribution in [3.63, 3.8) is 0 Å². The Labute approximate surface area is 162 Å². The fourth-order valence-electron chi connectivity index (χ4n) is 3.24. The van der Waals surface area contributed by atoms with Crippen LogP contribution in [0.3, 0.4) is 0 Å². The molecule has 5 heteroatoms. The number of benzene rings is 2. The van der Waals surface area contributed by atoms with E-state index in [-0.39, 0.29) is 5.75 Å². The number of nitrogens with one attached hydrogen (secondary N) is 1. The van der Waals surface area contributed by atoms with Crippen molar-refractivity contribution >= 4 is 33.1 Å². The predicted octanol–water partition coefficient (Wildman–Crippen LogP) is 5.93. The Bertz CT molecular complexity index is 1090. The molecular formula is C22H21N3OS. The summed E-state index contributed by atoms with van der Waals surface area (Å²) in [6, 6.07) is 15.9. The number of phenolic OH excluding ortho intramolecular Hbond substituents is 1. The van der Waals surface area contributed by atoms with E-state index in [1.54, 1.807) is 29.8 Å². The number of para-hydroxylation sites is 2. The van der Waals surface area contributed by atoms with E-state index in [2.05, 4.69) is 53.4 Å². The largest absolute Gasteiger partial charge is 0.506 e. The van der Waals surface area contributed by atoms with E-state index in [4.69, 9.17) is 0 Å². The predicted molar refractivity (Wildman–Crippen MR) is 113 cm³/mol. The van der Waals surface area contributed by atoms with Crippen molar-refractivity contribution in [2.24, 2.45) is 0 Å². The zero-order valence-corrected chi connectivity index (χ0v) is 16.2. The van der Waals surface area contributed by atoms with Crippen molar-refractivity contribution in [2.75, 3.05) is 5.32 Å². The van der Waals surface area contributed by atoms with E-state index in [0.29, 0.717) is 11.5 Å². The molecule has 4 nitrogen and oxygen atoms in total. The molecular weight excluding hydrogens is 354 g/mol. The molecule has 0 fully saturated rings. The van der Waals surface area contributed by atoms with Crippen LogP contribution in [-0.4, -0.2) is 15.1 Å². The van der Waals surface area contributed by atoms with Crippen molar-refractivity contribution in [3.8, 4) is 16.9 Å². The fraction of sp³-hybridized carbons (Fsp3) is 0.182. The minimum atomic E-state index is 0.198. The standard InChI is InChI=1S/C22H21N3OS/c1-3-14-9-11-15(12-10-14)19-18(4-2)27-22-20(19)21(23-13-24-22)25-16-7-5-6-8-17(16)26/h5-13,26H,3-4H2,1-2H3,(H,23,24,25). The summed E-state index contributed by atoms with van der Waals surface area (Å²) in [6.45, 7) is 4.33. The smallest absolute Gasteiger partial charge is 0.143 e. The quantitative estimate of drug-likeness (QED) is 0.424. The molecule has 0 radical (unpaired) electrons. The van der Waals surface area contributed by atoms with E-state index in [0.717, 1.165) is 23.1 Å². The number of thiophene rings is 1. The highest BCUT2D eigenvalue weighted by Crippen LogP contribution is 2.42. The average Bonchev–Trinajstić information content (AvgIpc) is 3.09. The molecule has 2 aromatic carbocycles. The monoisotopic (exact) mass is 375 g/mol. The molecule has 0 bridgehead atoms. The highest BCUT2D eigenvalue weighted by Gasteiger charge is 2.18. The molecule has 0 aliphatic heterocycles. The lowest BCUT2D eigenvalue weighted by atomic mass is 10.00. The third-order valence-corrected chi connectivity index (χ3v) is 5.93. The molecule has 2 heterocycles. The number of rotatable bonds is 5. The molecule has 136 valence electrons. The van der Waals surface area contributed by atoms with E-state index < -0.39 is 0 Å². The van der Waals surface area contributed by atoms with E-state index >= 15 is 0 Å². The summed E-state index contributed by atoms with van der Waals surface area (Å²) in [5.41, 5.74) is 4.30. The molecule has 27 heavy (non-hydrogen) atoms. The Morgan fingerprint density at radius 3 is 2.44 bits per heavy atom. The molecule has 4 aromatic rings. The van der Waals surface area contributed by atoms with Gasteiger partial charge in [-0.3, -0.25) is 0 Å². The second-order valence-electron chi connectivity index (χ2n) is 6.35. The topological polar surface area (TPSA) is 58.0 Å². The Balaban J connectivity index is 1.90. The van der Waals surface area contributed by atoms with Gasteiger partial charge in [-0.15, -0.1) is 11.3 Å². The van der Waals surface area contributed by atoms with Crippen LogP contribution in [0.2, 0.25) is 0 Å². The second kappa shape index (κ2) is 7.37. The van der Waals surface area contributed by atoms with Crippen LogP contribution in [0.25, 0.3) is 21.3 Å². The van der Waals surface area contributed by atoms with Gasteiger partial charge in [-0.05, 0) is 36.1 Å². The molecule has 2 N–H and O–H groups in total. The number of aromatic hydroxyl groups is 1. The summed E-state index contributed by atoms with van der Waals surface area (Å²) < 4.78 is 0. The van der Waals surface area contributed by atoms with Gasteiger partial charge in [0.15, 0.2) is 0 Å². The Kier molecular flexibility index (Phi) is 4.77. The number of nitrogens with zero attached hydrogens (tertiary/aromatic N) is 2. The summed E-state index contributed by atoms with van der Waals surface area (Å²) in [7, 11) is 0. The first-order valence-electron chi connectivity index (χ1n) is 9.12. The van der Waals surface area contributed by atoms with Crippen LogP contribution in [-0.2, 0) is 12.8 Å². The molecule has 0 saturated heterocycles. The van der Waals surface area contributed by atoms with Crippen molar-refractivity contribution in [3.05, 3.63) is 65.3 Å². The van der Waals surface area contributed by atoms with Gasteiger partial charge in [0.1, 0.15) is 22.7 Å². The van der Waals surface area contributed by atoms with Crippen LogP contribution < -0.4 is 5.32 Å². The number of hydrogen-bond donors (Lipinski definition) is 2. The molecule has 0 amide bonds. The number of phenols is 1. The van der Waals surface area contributed by atoms with E-state index in [1.165, 1.54) is 21.6 Å². The SMILES string of the molecule is CCc1ccc(-c2c(CC)sc3ncnc(Nc4ccccc4O)c23)cc1. The molecule has 0 spiro atoms. The summed E-state index contributed by atoms with van der Waals surface area (Å²) in [5, 5.41) is 14.4. The third-order valence-electron chi connectivity index (χ3n) is 4.69. The Hall–Kier alpha value is -2.92. The maximum atomic E-state index is 10.1. The number of aromatic nitrogens is 2. The van der Waals surface area contributed by atoms with Gasteiger partial charge >= 0.3 is 0 Å². The highest BCUT2D eigenvalue weighted by atomic mass is 32.1. The van der Waals surface area contributed by atoms with Crippen molar-refractivity contribution in [2.45, 2.75) is 26.7 Å². The van der Waals surface area contributed by atoms with Crippen molar-refractivity contribution in [1.29, 1.82) is 0 Å². The van der Waals surface area contributed by atoms with Crippen LogP contribution in [0.5, 0.6) is 5.75 Å². The number of anilines is 2. The summed E-state index contributed by atoms with van der Waals surface area (Å²) in [5.74, 6) is 0.913. The van der Waals surface area contributed by atoms with E-state index in [9.17, 15) is 5.11 Å². The Morgan fingerprint density at radius 2 is 1.74 bits per heavy atom. The lowest BCUT2D eigenvalue weighted by Gasteiger charge is -2.11. The van der Waals surface area contributed by atoms with Gasteiger partial charge in [0.05, 0.1) is 11.1 Å². The first kappa shape index (κ1) is 17.5. The number of fused-ring (bicyclic) bond motifs is 1. The molecule has 0 atom stereocenters. The van der Waals surface area contributed by atoms with Gasteiger partial charge < -0.3 is 10.4 Å². The maximum Gasteiger partial charge on any atom is 0.143 e. The molecule has 2 aromatic heterocycles. The van der Waals surface area contributed by atoms with Crippen LogP contribution in [0.1, 0.15) is 24.3 Å². The maximum absolute atomic E-state index is 10.1. The lowest BCUT2D eigenvalue weighted by molar-refractivity contribution is 0.478. The van der Waals surface area contributed by atoms with Gasteiger partial charge in [-0.2, -0.15) is 0 Å². The van der Waals surface area contributed by atoms with Gasteiger partial charge in [0.25, 0.3) is 0 Å². The summed E-state index contributed by atoms with van der Waals surface area (Å²) in [4.78, 5) is 11.2. The minimum absolute atomic E-state index is 0.198. The fourth-order valence-corrected chi connectivity index (χ4v) is 4.34. The van der Waals surface area contributed by atoms with Gasteiger partial charge in [0.2, 0.25) is 0 Å². The minimum Gasteiger partial charge on any atom is -0.506 e. The average molecular weight is 375 g/mol. The van der Waals surface area contributed by atoms with Crippen molar-refractivity contribution in [1.82, 2.24) is 9.97 Å². The normalized spacial score (nSPS) is 11.0. The third kappa shape index (κ3) is 3.26. The highest BCUT2D eigenvalue weighted by molar-refractivity contribution is 7.19. The molecule has 0 aliphatic carbocycles. The summed E-state index contributed by atoms with van der Waals surface area (Å²) in [6.07, 6.45) is 3.53.